The van der Waals surface area contributed by atoms with Gasteiger partial charge in [0.05, 0.1) is 18.1 Å². The van der Waals surface area contributed by atoms with E-state index >= 15 is 0 Å². The van der Waals surface area contributed by atoms with Crippen LogP contribution in [0.25, 0.3) is 5.69 Å². The summed E-state index contributed by atoms with van der Waals surface area (Å²) < 4.78 is 1.21. The molecule has 0 aliphatic carbocycles. The lowest BCUT2D eigenvalue weighted by Crippen LogP contribution is -2.22. The highest BCUT2D eigenvalue weighted by molar-refractivity contribution is 6.32. The van der Waals surface area contributed by atoms with Gasteiger partial charge in [0.1, 0.15) is 16.5 Å². The number of rotatable bonds is 4. The number of hydrogen-bond donors (Lipinski definition) is 2. The molecule has 0 aliphatic rings. The van der Waals surface area contributed by atoms with Crippen molar-refractivity contribution >= 4 is 23.5 Å². The molecule has 24 heavy (non-hydrogen) atoms. The molecule has 7 heteroatoms. The van der Waals surface area contributed by atoms with Crippen LogP contribution in [-0.2, 0) is 0 Å². The van der Waals surface area contributed by atoms with Crippen molar-refractivity contribution in [2.75, 3.05) is 5.43 Å². The van der Waals surface area contributed by atoms with Crippen LogP contribution in [0.3, 0.4) is 0 Å². The van der Waals surface area contributed by atoms with Gasteiger partial charge in [-0.2, -0.15) is 14.9 Å². The summed E-state index contributed by atoms with van der Waals surface area (Å²) >= 11 is 6.11. The number of hydrazone groups is 1. The Hall–Kier alpha value is -3.12. The van der Waals surface area contributed by atoms with Crippen LogP contribution < -0.4 is 11.0 Å². The highest BCUT2D eigenvalue weighted by atomic mass is 35.5. The predicted octanol–water partition coefficient (Wildman–Crippen LogP) is 3.04. The maximum absolute atomic E-state index is 12.3. The van der Waals surface area contributed by atoms with Crippen LogP contribution in [-0.4, -0.2) is 21.1 Å². The lowest BCUT2D eigenvalue weighted by molar-refractivity contribution is 0.475. The molecular weight excluding hydrogens is 328 g/mol. The first kappa shape index (κ1) is 15.8. The minimum Gasteiger partial charge on any atom is -0.508 e. The number of aromatic hydroxyl groups is 1. The number of aromatic nitrogens is 2. The van der Waals surface area contributed by atoms with Crippen LogP contribution in [0.4, 0.5) is 5.69 Å². The number of phenols is 1. The number of nitrogens with one attached hydrogen (secondary N) is 1. The van der Waals surface area contributed by atoms with Gasteiger partial charge < -0.3 is 5.11 Å². The second-order valence-electron chi connectivity index (χ2n) is 4.89. The molecule has 1 aromatic heterocycles. The zero-order chi connectivity index (χ0) is 16.9. The van der Waals surface area contributed by atoms with E-state index in [9.17, 15) is 9.90 Å². The molecule has 0 saturated heterocycles. The lowest BCUT2D eigenvalue weighted by atomic mass is 10.2. The second-order valence-corrected chi connectivity index (χ2v) is 5.27. The van der Waals surface area contributed by atoms with E-state index in [1.54, 1.807) is 36.4 Å². The first-order chi connectivity index (χ1) is 11.6. The van der Waals surface area contributed by atoms with Gasteiger partial charge in [-0.15, -0.1) is 0 Å². The molecule has 2 aromatic carbocycles. The zero-order valence-electron chi connectivity index (χ0n) is 12.4. The summed E-state index contributed by atoms with van der Waals surface area (Å²) in [5.41, 5.74) is 3.86. The Morgan fingerprint density at radius 1 is 1.17 bits per heavy atom. The monoisotopic (exact) mass is 340 g/mol. The fraction of sp³-hybridized carbons (Fsp3) is 0. The highest BCUT2D eigenvalue weighted by Crippen LogP contribution is 2.16. The van der Waals surface area contributed by atoms with Crippen LogP contribution >= 0.6 is 11.6 Å². The maximum Gasteiger partial charge on any atom is 0.292 e. The number of hydrogen-bond acceptors (Lipinski definition) is 5. The van der Waals surface area contributed by atoms with Crippen molar-refractivity contribution in [2.45, 2.75) is 0 Å². The summed E-state index contributed by atoms with van der Waals surface area (Å²) in [6.07, 6.45) is 2.93. The van der Waals surface area contributed by atoms with Crippen molar-refractivity contribution in [1.82, 2.24) is 9.78 Å². The van der Waals surface area contributed by atoms with Gasteiger partial charge in [-0.25, -0.2) is 0 Å². The van der Waals surface area contributed by atoms with Crippen LogP contribution in [0.15, 0.2) is 70.7 Å². The van der Waals surface area contributed by atoms with Crippen molar-refractivity contribution < 1.29 is 5.11 Å². The van der Waals surface area contributed by atoms with Gasteiger partial charge in [-0.3, -0.25) is 10.2 Å². The van der Waals surface area contributed by atoms with E-state index in [-0.39, 0.29) is 10.8 Å². The summed E-state index contributed by atoms with van der Waals surface area (Å²) in [4.78, 5) is 12.3. The average molecular weight is 341 g/mol. The van der Waals surface area contributed by atoms with Crippen molar-refractivity contribution in [3.05, 3.63) is 81.7 Å². The van der Waals surface area contributed by atoms with Gasteiger partial charge in [0.25, 0.3) is 5.56 Å². The van der Waals surface area contributed by atoms with E-state index < -0.39 is 5.56 Å². The van der Waals surface area contributed by atoms with Crippen molar-refractivity contribution in [3.8, 4) is 11.4 Å². The Morgan fingerprint density at radius 2 is 1.96 bits per heavy atom. The first-order valence-electron chi connectivity index (χ1n) is 7.06. The molecule has 3 aromatic rings. The Labute approximate surface area is 142 Å². The Kier molecular flexibility index (Phi) is 4.58. The van der Waals surface area contributed by atoms with Gasteiger partial charge in [0.15, 0.2) is 0 Å². The second kappa shape index (κ2) is 6.97. The summed E-state index contributed by atoms with van der Waals surface area (Å²) in [5.74, 6) is 0.143. The standard InChI is InChI=1S/C17H13ClN4O2/c18-16-15(21-19-10-12-5-4-8-14(23)9-12)11-20-22(17(16)24)13-6-2-1-3-7-13/h1-11,21,23H/b19-10-. The molecule has 120 valence electrons. The fourth-order valence-corrected chi connectivity index (χ4v) is 2.22. The number of benzene rings is 2. The van der Waals surface area contributed by atoms with Gasteiger partial charge in [0.2, 0.25) is 0 Å². The molecule has 0 amide bonds. The quantitative estimate of drug-likeness (QED) is 0.565. The number of anilines is 1. The number of nitrogens with zero attached hydrogens (tertiary/aromatic N) is 3. The Bertz CT molecular complexity index is 939. The molecule has 2 N–H and O–H groups in total. The van der Waals surface area contributed by atoms with E-state index in [4.69, 9.17) is 11.6 Å². The van der Waals surface area contributed by atoms with Gasteiger partial charge in [-0.1, -0.05) is 41.9 Å². The van der Waals surface area contributed by atoms with Gasteiger partial charge in [-0.05, 0) is 29.8 Å². The van der Waals surface area contributed by atoms with Crippen LogP contribution in [0, 0.1) is 0 Å². The lowest BCUT2D eigenvalue weighted by Gasteiger charge is -2.07. The summed E-state index contributed by atoms with van der Waals surface area (Å²) in [6, 6.07) is 15.6. The molecular formula is C17H13ClN4O2. The van der Waals surface area contributed by atoms with Crippen LogP contribution in [0.2, 0.25) is 5.02 Å². The third-order valence-corrected chi connectivity index (χ3v) is 3.55. The smallest absolute Gasteiger partial charge is 0.292 e. The molecule has 0 atom stereocenters. The highest BCUT2D eigenvalue weighted by Gasteiger charge is 2.09. The van der Waals surface area contributed by atoms with E-state index in [2.05, 4.69) is 15.6 Å². The van der Waals surface area contributed by atoms with E-state index in [1.807, 2.05) is 18.2 Å². The Morgan fingerprint density at radius 3 is 2.71 bits per heavy atom. The minimum absolute atomic E-state index is 0.0121. The molecule has 3 rings (SSSR count). The first-order valence-corrected chi connectivity index (χ1v) is 7.44. The molecule has 0 fully saturated rings. The number of halogens is 1. The third-order valence-electron chi connectivity index (χ3n) is 3.19. The largest absolute Gasteiger partial charge is 0.508 e. The van der Waals surface area contributed by atoms with Gasteiger partial charge >= 0.3 is 0 Å². The molecule has 0 unspecified atom stereocenters. The summed E-state index contributed by atoms with van der Waals surface area (Å²) in [7, 11) is 0. The third kappa shape index (κ3) is 3.44. The Balaban J connectivity index is 1.83. The minimum atomic E-state index is -0.444. The summed E-state index contributed by atoms with van der Waals surface area (Å²) in [5, 5.41) is 17.5. The van der Waals surface area contributed by atoms with Crippen LogP contribution in [0.1, 0.15) is 5.56 Å². The molecule has 0 saturated carbocycles. The van der Waals surface area contributed by atoms with Crippen molar-refractivity contribution in [3.63, 3.8) is 0 Å². The van der Waals surface area contributed by atoms with Gasteiger partial charge in [0, 0.05) is 0 Å². The fourth-order valence-electron chi connectivity index (χ4n) is 2.05. The van der Waals surface area contributed by atoms with Crippen molar-refractivity contribution in [1.29, 1.82) is 0 Å². The van der Waals surface area contributed by atoms with Crippen molar-refractivity contribution in [2.24, 2.45) is 5.10 Å². The molecule has 1 heterocycles. The molecule has 6 nitrogen and oxygen atoms in total. The molecule has 0 aliphatic heterocycles. The predicted molar refractivity (Wildman–Crippen MR) is 94.2 cm³/mol. The maximum atomic E-state index is 12.3. The zero-order valence-corrected chi connectivity index (χ0v) is 13.2. The normalized spacial score (nSPS) is 10.9. The number of phenolic OH excluding ortho intramolecular Hbond substituents is 1. The molecule has 0 bridgehead atoms. The number of para-hydroxylation sites is 1. The SMILES string of the molecule is O=c1c(Cl)c(N/N=C\c2cccc(O)c2)cnn1-c1ccccc1. The topological polar surface area (TPSA) is 79.5 Å². The van der Waals surface area contributed by atoms with Crippen LogP contribution in [0.5, 0.6) is 5.75 Å². The average Bonchev–Trinajstić information content (AvgIpc) is 2.60. The molecule has 0 spiro atoms. The summed E-state index contributed by atoms with van der Waals surface area (Å²) in [6.45, 7) is 0. The van der Waals surface area contributed by atoms with E-state index in [1.165, 1.54) is 17.1 Å². The van der Waals surface area contributed by atoms with E-state index in [0.717, 1.165) is 0 Å². The van der Waals surface area contributed by atoms with E-state index in [0.29, 0.717) is 16.9 Å². The molecule has 0 radical (unpaired) electrons.